The van der Waals surface area contributed by atoms with Crippen LogP contribution in [0.15, 0.2) is 30.3 Å². The molecule has 0 aliphatic rings. The SMILES string of the molecule is Cc1nn(-c2ccc(Cl)cc2)c2sc(C(=O)NCC(C)O)cc12. The first kappa shape index (κ1) is 16.0. The number of amides is 1. The Balaban J connectivity index is 1.98. The number of aryl methyl sites for hydroxylation is 1. The number of hydrogen-bond donors (Lipinski definition) is 2. The van der Waals surface area contributed by atoms with E-state index in [1.165, 1.54) is 11.3 Å². The van der Waals surface area contributed by atoms with E-state index < -0.39 is 6.10 Å². The molecule has 2 N–H and O–H groups in total. The molecule has 1 amide bonds. The van der Waals surface area contributed by atoms with Crippen LogP contribution < -0.4 is 5.32 Å². The molecule has 0 spiro atoms. The number of halogens is 1. The van der Waals surface area contributed by atoms with Crippen LogP contribution in [-0.4, -0.2) is 33.4 Å². The Bertz CT molecular complexity index is 852. The van der Waals surface area contributed by atoms with Crippen LogP contribution >= 0.6 is 22.9 Å². The summed E-state index contributed by atoms with van der Waals surface area (Å²) in [6.07, 6.45) is -0.570. The molecule has 2 aromatic heterocycles. The number of carbonyl (C=O) groups excluding carboxylic acids is 1. The molecule has 0 saturated carbocycles. The van der Waals surface area contributed by atoms with Gasteiger partial charge in [0, 0.05) is 17.0 Å². The molecule has 1 atom stereocenters. The molecule has 2 heterocycles. The summed E-state index contributed by atoms with van der Waals surface area (Å²) in [6.45, 7) is 3.78. The summed E-state index contributed by atoms with van der Waals surface area (Å²) in [6, 6.07) is 9.24. The van der Waals surface area contributed by atoms with Gasteiger partial charge in [0.2, 0.25) is 0 Å². The molecule has 0 aliphatic carbocycles. The molecule has 3 aromatic rings. The van der Waals surface area contributed by atoms with Crippen molar-refractivity contribution in [2.45, 2.75) is 20.0 Å². The van der Waals surface area contributed by atoms with Gasteiger partial charge in [-0.1, -0.05) is 11.6 Å². The van der Waals surface area contributed by atoms with Gasteiger partial charge in [-0.3, -0.25) is 4.79 Å². The quantitative estimate of drug-likeness (QED) is 0.760. The fourth-order valence-corrected chi connectivity index (χ4v) is 3.47. The molecule has 3 rings (SSSR count). The van der Waals surface area contributed by atoms with Gasteiger partial charge in [-0.25, -0.2) is 4.68 Å². The van der Waals surface area contributed by atoms with E-state index in [0.29, 0.717) is 9.90 Å². The van der Waals surface area contributed by atoms with Crippen molar-refractivity contribution in [1.29, 1.82) is 0 Å². The van der Waals surface area contributed by atoms with Crippen molar-refractivity contribution in [1.82, 2.24) is 15.1 Å². The van der Waals surface area contributed by atoms with E-state index in [4.69, 9.17) is 11.6 Å². The minimum Gasteiger partial charge on any atom is -0.392 e. The Morgan fingerprint density at radius 3 is 2.78 bits per heavy atom. The zero-order chi connectivity index (χ0) is 16.6. The largest absolute Gasteiger partial charge is 0.392 e. The number of thiophene rings is 1. The Morgan fingerprint density at radius 2 is 2.13 bits per heavy atom. The second kappa shape index (κ2) is 6.31. The fourth-order valence-electron chi connectivity index (χ4n) is 2.24. The van der Waals surface area contributed by atoms with E-state index in [0.717, 1.165) is 21.6 Å². The molecular weight excluding hydrogens is 334 g/mol. The summed E-state index contributed by atoms with van der Waals surface area (Å²) in [5.41, 5.74) is 1.76. The third-order valence-corrected chi connectivity index (χ3v) is 4.76. The first-order valence-electron chi connectivity index (χ1n) is 7.17. The van der Waals surface area contributed by atoms with Gasteiger partial charge in [-0.05, 0) is 44.2 Å². The molecule has 0 bridgehead atoms. The molecule has 0 fully saturated rings. The maximum atomic E-state index is 12.2. The van der Waals surface area contributed by atoms with E-state index in [-0.39, 0.29) is 12.5 Å². The van der Waals surface area contributed by atoms with Gasteiger partial charge in [-0.2, -0.15) is 5.10 Å². The molecule has 120 valence electrons. The number of aliphatic hydroxyl groups excluding tert-OH is 1. The van der Waals surface area contributed by atoms with Crippen molar-refractivity contribution in [3.8, 4) is 5.69 Å². The average molecular weight is 350 g/mol. The molecule has 23 heavy (non-hydrogen) atoms. The highest BCUT2D eigenvalue weighted by Gasteiger charge is 2.17. The molecule has 5 nitrogen and oxygen atoms in total. The molecule has 7 heteroatoms. The molecule has 0 saturated heterocycles. The Kier molecular flexibility index (Phi) is 4.39. The van der Waals surface area contributed by atoms with Gasteiger partial charge in [0.1, 0.15) is 4.83 Å². The number of nitrogens with one attached hydrogen (secondary N) is 1. The van der Waals surface area contributed by atoms with E-state index >= 15 is 0 Å². The minimum atomic E-state index is -0.570. The minimum absolute atomic E-state index is 0.186. The topological polar surface area (TPSA) is 67.2 Å². The third-order valence-electron chi connectivity index (χ3n) is 3.40. The summed E-state index contributed by atoms with van der Waals surface area (Å²) in [5, 5.41) is 18.1. The van der Waals surface area contributed by atoms with E-state index in [2.05, 4.69) is 10.4 Å². The lowest BCUT2D eigenvalue weighted by molar-refractivity contribution is 0.0928. The number of benzene rings is 1. The van der Waals surface area contributed by atoms with Crippen LogP contribution in [0.25, 0.3) is 15.9 Å². The number of aliphatic hydroxyl groups is 1. The van der Waals surface area contributed by atoms with Gasteiger partial charge in [0.05, 0.1) is 22.4 Å². The summed E-state index contributed by atoms with van der Waals surface area (Å²) in [7, 11) is 0. The fraction of sp³-hybridized carbons (Fsp3) is 0.250. The Hall–Kier alpha value is -1.89. The normalized spacial score (nSPS) is 12.5. The first-order valence-corrected chi connectivity index (χ1v) is 8.36. The van der Waals surface area contributed by atoms with Gasteiger partial charge < -0.3 is 10.4 Å². The van der Waals surface area contributed by atoms with Crippen LogP contribution in [-0.2, 0) is 0 Å². The standard InChI is InChI=1S/C16H16ClN3O2S/c1-9(21)8-18-15(22)14-7-13-10(2)19-20(16(13)23-14)12-5-3-11(17)4-6-12/h3-7,9,21H,8H2,1-2H3,(H,18,22). The van der Waals surface area contributed by atoms with E-state index in [1.807, 2.05) is 41.9 Å². The number of hydrogen-bond acceptors (Lipinski definition) is 4. The molecule has 0 aliphatic heterocycles. The lowest BCUT2D eigenvalue weighted by Crippen LogP contribution is -2.29. The second-order valence-electron chi connectivity index (χ2n) is 5.36. The van der Waals surface area contributed by atoms with Crippen LogP contribution in [0.4, 0.5) is 0 Å². The van der Waals surface area contributed by atoms with Crippen molar-refractivity contribution in [2.24, 2.45) is 0 Å². The summed E-state index contributed by atoms with van der Waals surface area (Å²) in [5.74, 6) is -0.186. The predicted molar refractivity (Wildman–Crippen MR) is 92.7 cm³/mol. The zero-order valence-corrected chi connectivity index (χ0v) is 14.3. The average Bonchev–Trinajstić information content (AvgIpc) is 3.07. The van der Waals surface area contributed by atoms with Crippen LogP contribution in [0.2, 0.25) is 5.02 Å². The highest BCUT2D eigenvalue weighted by atomic mass is 35.5. The molecule has 1 unspecified atom stereocenters. The molecule has 0 radical (unpaired) electrons. The lowest BCUT2D eigenvalue weighted by Gasteiger charge is -2.05. The van der Waals surface area contributed by atoms with Gasteiger partial charge in [0.15, 0.2) is 0 Å². The number of aromatic nitrogens is 2. The van der Waals surface area contributed by atoms with Crippen LogP contribution in [0, 0.1) is 6.92 Å². The maximum Gasteiger partial charge on any atom is 0.261 e. The molecule has 1 aromatic carbocycles. The van der Waals surface area contributed by atoms with Crippen LogP contribution in [0.5, 0.6) is 0 Å². The van der Waals surface area contributed by atoms with Gasteiger partial charge in [0.25, 0.3) is 5.91 Å². The summed E-state index contributed by atoms with van der Waals surface area (Å²) >= 11 is 7.31. The second-order valence-corrected chi connectivity index (χ2v) is 6.83. The Morgan fingerprint density at radius 1 is 1.43 bits per heavy atom. The molecular formula is C16H16ClN3O2S. The lowest BCUT2D eigenvalue weighted by atomic mass is 10.3. The van der Waals surface area contributed by atoms with Crippen molar-refractivity contribution < 1.29 is 9.90 Å². The van der Waals surface area contributed by atoms with Crippen molar-refractivity contribution >= 4 is 39.1 Å². The van der Waals surface area contributed by atoms with E-state index in [1.54, 1.807) is 6.92 Å². The highest BCUT2D eigenvalue weighted by Crippen LogP contribution is 2.30. The van der Waals surface area contributed by atoms with Gasteiger partial charge in [-0.15, -0.1) is 11.3 Å². The van der Waals surface area contributed by atoms with Crippen LogP contribution in [0.3, 0.4) is 0 Å². The summed E-state index contributed by atoms with van der Waals surface area (Å²) < 4.78 is 1.82. The zero-order valence-electron chi connectivity index (χ0n) is 12.7. The predicted octanol–water partition coefficient (Wildman–Crippen LogP) is 3.16. The monoisotopic (exact) mass is 349 g/mol. The number of rotatable bonds is 4. The Labute approximate surface area is 142 Å². The number of fused-ring (bicyclic) bond motifs is 1. The third kappa shape index (κ3) is 3.24. The van der Waals surface area contributed by atoms with Crippen molar-refractivity contribution in [3.05, 3.63) is 45.9 Å². The van der Waals surface area contributed by atoms with Gasteiger partial charge >= 0.3 is 0 Å². The maximum absolute atomic E-state index is 12.2. The smallest absolute Gasteiger partial charge is 0.261 e. The van der Waals surface area contributed by atoms with Crippen LogP contribution in [0.1, 0.15) is 22.3 Å². The van der Waals surface area contributed by atoms with Crippen molar-refractivity contribution in [2.75, 3.05) is 6.54 Å². The van der Waals surface area contributed by atoms with Crippen molar-refractivity contribution in [3.63, 3.8) is 0 Å². The summed E-state index contributed by atoms with van der Waals surface area (Å²) in [4.78, 5) is 13.7. The first-order chi connectivity index (χ1) is 11.0. The highest BCUT2D eigenvalue weighted by molar-refractivity contribution is 7.20. The number of nitrogens with zero attached hydrogens (tertiary/aromatic N) is 2. The van der Waals surface area contributed by atoms with E-state index in [9.17, 15) is 9.90 Å². The number of carbonyl (C=O) groups is 1.